The lowest BCUT2D eigenvalue weighted by Gasteiger charge is -2.28. The highest BCUT2D eigenvalue weighted by Crippen LogP contribution is 2.35. The van der Waals surface area contributed by atoms with Gasteiger partial charge in [-0.1, -0.05) is 12.1 Å². The molecule has 2 heterocycles. The Morgan fingerprint density at radius 2 is 1.97 bits per heavy atom. The summed E-state index contributed by atoms with van der Waals surface area (Å²) >= 11 is 0. The molecular weight excluding hydrogens is 472 g/mol. The SMILES string of the molecule is COc1cc(NC(=O)C2CCC(n3c(=O)n(Cc4ncc[nH]4)c4c(C(N)=O)cccc43)CC2)ccc1C. The van der Waals surface area contributed by atoms with Gasteiger partial charge in [-0.3, -0.25) is 18.7 Å². The van der Waals surface area contributed by atoms with Crippen LogP contribution >= 0.6 is 0 Å². The van der Waals surface area contributed by atoms with Gasteiger partial charge >= 0.3 is 5.69 Å². The summed E-state index contributed by atoms with van der Waals surface area (Å²) in [6, 6.07) is 10.7. The maximum Gasteiger partial charge on any atom is 0.329 e. The molecule has 0 aliphatic heterocycles. The normalized spacial score (nSPS) is 17.6. The van der Waals surface area contributed by atoms with E-state index in [9.17, 15) is 14.4 Å². The number of nitrogens with zero attached hydrogens (tertiary/aromatic N) is 3. The topological polar surface area (TPSA) is 137 Å². The number of para-hydroxylation sites is 1. The summed E-state index contributed by atoms with van der Waals surface area (Å²) in [6.07, 6.45) is 5.92. The van der Waals surface area contributed by atoms with Gasteiger partial charge in [-0.2, -0.15) is 0 Å². The fraction of sp³-hybridized carbons (Fsp3) is 0.333. The lowest BCUT2D eigenvalue weighted by Crippen LogP contribution is -2.33. The van der Waals surface area contributed by atoms with Crippen LogP contribution in [0.1, 0.15) is 53.5 Å². The largest absolute Gasteiger partial charge is 0.496 e. The summed E-state index contributed by atoms with van der Waals surface area (Å²) in [5.41, 5.74) is 8.59. The Morgan fingerprint density at radius 1 is 1.19 bits per heavy atom. The van der Waals surface area contributed by atoms with E-state index in [-0.39, 0.29) is 30.1 Å². The van der Waals surface area contributed by atoms with E-state index < -0.39 is 5.91 Å². The van der Waals surface area contributed by atoms with Gasteiger partial charge in [0.1, 0.15) is 11.6 Å². The van der Waals surface area contributed by atoms with E-state index >= 15 is 0 Å². The quantitative estimate of drug-likeness (QED) is 0.356. The molecule has 0 radical (unpaired) electrons. The highest BCUT2D eigenvalue weighted by Gasteiger charge is 2.30. The molecule has 1 saturated carbocycles. The number of aromatic nitrogens is 4. The van der Waals surface area contributed by atoms with Crippen LogP contribution in [-0.2, 0) is 11.3 Å². The average molecular weight is 503 g/mol. The lowest BCUT2D eigenvalue weighted by atomic mass is 9.85. The number of rotatable bonds is 7. The molecule has 0 saturated heterocycles. The molecule has 10 nitrogen and oxygen atoms in total. The molecular formula is C27H30N6O4. The number of hydrogen-bond donors (Lipinski definition) is 3. The molecule has 1 fully saturated rings. The number of aromatic amines is 1. The Labute approximate surface area is 213 Å². The maximum absolute atomic E-state index is 13.7. The predicted octanol–water partition coefficient (Wildman–Crippen LogP) is 3.36. The lowest BCUT2D eigenvalue weighted by molar-refractivity contribution is -0.121. The third-order valence-corrected chi connectivity index (χ3v) is 7.22. The number of H-pyrrole nitrogens is 1. The minimum absolute atomic E-state index is 0.0343. The van der Waals surface area contributed by atoms with Crippen molar-refractivity contribution >= 4 is 28.5 Å². The first-order valence-electron chi connectivity index (χ1n) is 12.3. The van der Waals surface area contributed by atoms with Gasteiger partial charge in [-0.25, -0.2) is 9.78 Å². The van der Waals surface area contributed by atoms with E-state index in [2.05, 4.69) is 15.3 Å². The highest BCUT2D eigenvalue weighted by molar-refractivity contribution is 6.04. The summed E-state index contributed by atoms with van der Waals surface area (Å²) in [4.78, 5) is 46.1. The number of nitrogens with one attached hydrogen (secondary N) is 2. The smallest absolute Gasteiger partial charge is 0.329 e. The number of imidazole rings is 2. The third-order valence-electron chi connectivity index (χ3n) is 7.22. The van der Waals surface area contributed by atoms with E-state index in [1.807, 2.05) is 31.2 Å². The van der Waals surface area contributed by atoms with Crippen molar-refractivity contribution in [2.75, 3.05) is 12.4 Å². The number of carbonyl (C=O) groups is 2. The number of aryl methyl sites for hydroxylation is 1. The first-order chi connectivity index (χ1) is 17.9. The van der Waals surface area contributed by atoms with Crippen LogP contribution in [0.25, 0.3) is 11.0 Å². The van der Waals surface area contributed by atoms with Crippen molar-refractivity contribution in [2.45, 2.75) is 45.2 Å². The van der Waals surface area contributed by atoms with E-state index in [4.69, 9.17) is 10.5 Å². The van der Waals surface area contributed by atoms with E-state index in [1.54, 1.807) is 40.8 Å². The molecule has 5 rings (SSSR count). The molecule has 2 amide bonds. The van der Waals surface area contributed by atoms with Crippen LogP contribution in [0.3, 0.4) is 0 Å². The third kappa shape index (κ3) is 4.62. The highest BCUT2D eigenvalue weighted by atomic mass is 16.5. The molecule has 192 valence electrons. The number of primary amides is 1. The van der Waals surface area contributed by atoms with Crippen LogP contribution in [0, 0.1) is 12.8 Å². The molecule has 2 aromatic heterocycles. The van der Waals surface area contributed by atoms with E-state index in [1.165, 1.54) is 0 Å². The van der Waals surface area contributed by atoms with Crippen LogP contribution in [0.5, 0.6) is 5.75 Å². The average Bonchev–Trinajstić information content (AvgIpc) is 3.51. The fourth-order valence-electron chi connectivity index (χ4n) is 5.31. The summed E-state index contributed by atoms with van der Waals surface area (Å²) < 4.78 is 8.67. The van der Waals surface area contributed by atoms with Crippen molar-refractivity contribution in [3.8, 4) is 5.75 Å². The number of hydrogen-bond acceptors (Lipinski definition) is 5. The minimum atomic E-state index is -0.593. The number of carbonyl (C=O) groups excluding carboxylic acids is 2. The van der Waals surface area contributed by atoms with E-state index in [0.29, 0.717) is 53.8 Å². The standard InChI is InChI=1S/C27H30N6O4/c1-16-6-9-18(14-22(16)37-2)31-26(35)17-7-10-19(11-8-17)33-21-5-3-4-20(25(28)34)24(21)32(27(33)36)15-23-29-12-13-30-23/h3-6,9,12-14,17,19H,7-8,10-11,15H2,1-2H3,(H2,28,34)(H,29,30)(H,31,35). The summed E-state index contributed by atoms with van der Waals surface area (Å²) in [6.45, 7) is 2.14. The van der Waals surface area contributed by atoms with Crippen molar-refractivity contribution in [1.29, 1.82) is 0 Å². The Hall–Kier alpha value is -4.34. The summed E-state index contributed by atoms with van der Waals surface area (Å²) in [5, 5.41) is 3.00. The van der Waals surface area contributed by atoms with Gasteiger partial charge in [0, 0.05) is 36.1 Å². The zero-order valence-corrected chi connectivity index (χ0v) is 20.9. The Morgan fingerprint density at radius 3 is 2.65 bits per heavy atom. The first-order valence-corrected chi connectivity index (χ1v) is 12.3. The molecule has 2 aromatic carbocycles. The molecule has 4 aromatic rings. The fourth-order valence-corrected chi connectivity index (χ4v) is 5.31. The number of amides is 2. The number of methoxy groups -OCH3 is 1. The molecule has 10 heteroatoms. The molecule has 0 bridgehead atoms. The summed E-state index contributed by atoms with van der Waals surface area (Å²) in [7, 11) is 1.61. The van der Waals surface area contributed by atoms with Crippen molar-refractivity contribution in [1.82, 2.24) is 19.1 Å². The van der Waals surface area contributed by atoms with E-state index in [0.717, 1.165) is 11.3 Å². The van der Waals surface area contributed by atoms with Crippen molar-refractivity contribution in [3.63, 3.8) is 0 Å². The second-order valence-electron chi connectivity index (χ2n) is 9.49. The Kier molecular flexibility index (Phi) is 6.56. The van der Waals surface area contributed by atoms with Crippen molar-refractivity contribution in [3.05, 3.63) is 76.2 Å². The van der Waals surface area contributed by atoms with Crippen LogP contribution in [-0.4, -0.2) is 38.0 Å². The molecule has 37 heavy (non-hydrogen) atoms. The number of nitrogens with two attached hydrogens (primary N) is 1. The zero-order chi connectivity index (χ0) is 26.1. The van der Waals surface area contributed by atoms with Crippen molar-refractivity contribution in [2.24, 2.45) is 11.7 Å². The van der Waals surface area contributed by atoms with Gasteiger partial charge in [0.15, 0.2) is 0 Å². The van der Waals surface area contributed by atoms with Gasteiger partial charge in [0.05, 0.1) is 30.3 Å². The maximum atomic E-state index is 13.7. The van der Waals surface area contributed by atoms with Crippen LogP contribution in [0.2, 0.25) is 0 Å². The number of fused-ring (bicyclic) bond motifs is 1. The number of benzene rings is 2. The van der Waals surface area contributed by atoms with Gasteiger partial charge in [-0.15, -0.1) is 0 Å². The minimum Gasteiger partial charge on any atom is -0.496 e. The molecule has 4 N–H and O–H groups in total. The monoisotopic (exact) mass is 502 g/mol. The number of ether oxygens (including phenoxy) is 1. The van der Waals surface area contributed by atoms with Crippen LogP contribution in [0.15, 0.2) is 53.6 Å². The van der Waals surface area contributed by atoms with Gasteiger partial charge in [0.2, 0.25) is 5.91 Å². The van der Waals surface area contributed by atoms with Gasteiger partial charge in [-0.05, 0) is 56.4 Å². The predicted molar refractivity (Wildman–Crippen MR) is 140 cm³/mol. The zero-order valence-electron chi connectivity index (χ0n) is 20.9. The van der Waals surface area contributed by atoms with Crippen molar-refractivity contribution < 1.29 is 14.3 Å². The molecule has 0 unspecified atom stereocenters. The second-order valence-corrected chi connectivity index (χ2v) is 9.49. The second kappa shape index (κ2) is 9.96. The van der Waals surface area contributed by atoms with Crippen LogP contribution < -0.4 is 21.5 Å². The van der Waals surface area contributed by atoms with Gasteiger partial charge in [0.25, 0.3) is 5.91 Å². The number of anilines is 1. The Bertz CT molecular complexity index is 1510. The first kappa shape index (κ1) is 24.4. The molecule has 0 atom stereocenters. The van der Waals surface area contributed by atoms with Gasteiger partial charge < -0.3 is 20.8 Å². The van der Waals surface area contributed by atoms with Crippen LogP contribution in [0.4, 0.5) is 5.69 Å². The summed E-state index contributed by atoms with van der Waals surface area (Å²) in [5.74, 6) is 0.546. The molecule has 0 spiro atoms. The molecule has 1 aliphatic carbocycles. The molecule has 1 aliphatic rings. The Balaban J connectivity index is 1.39.